The highest BCUT2D eigenvalue weighted by Crippen LogP contribution is 2.39. The Morgan fingerprint density at radius 1 is 1.04 bits per heavy atom. The van der Waals surface area contributed by atoms with Gasteiger partial charge in [0.15, 0.2) is 0 Å². The van der Waals surface area contributed by atoms with Crippen LogP contribution in [0, 0.1) is 0 Å². The van der Waals surface area contributed by atoms with Crippen LogP contribution in [0.2, 0.25) is 0 Å². The van der Waals surface area contributed by atoms with E-state index >= 15 is 0 Å². The molecule has 6 heteroatoms. The van der Waals surface area contributed by atoms with E-state index in [1.54, 1.807) is 0 Å². The highest BCUT2D eigenvalue weighted by Gasteiger charge is 2.27. The lowest BCUT2D eigenvalue weighted by Gasteiger charge is -2.23. The predicted octanol–water partition coefficient (Wildman–Crippen LogP) is 3.14. The molecule has 0 bridgehead atoms. The van der Waals surface area contributed by atoms with Crippen LogP contribution in [0.4, 0.5) is 0 Å². The molecule has 1 saturated heterocycles. The molecule has 2 fully saturated rings. The summed E-state index contributed by atoms with van der Waals surface area (Å²) in [5, 5.41) is 13.7. The summed E-state index contributed by atoms with van der Waals surface area (Å²) in [4.78, 5) is 4.67. The van der Waals surface area contributed by atoms with Gasteiger partial charge < -0.3 is 9.84 Å². The summed E-state index contributed by atoms with van der Waals surface area (Å²) in [6, 6.07) is 8.36. The van der Waals surface area contributed by atoms with Gasteiger partial charge in [-0.2, -0.15) is 14.8 Å². The van der Waals surface area contributed by atoms with E-state index in [2.05, 4.69) is 33.7 Å². The molecule has 0 spiro atoms. The molecule has 2 aliphatic rings. The minimum Gasteiger partial charge on any atom is -0.337 e. The Balaban J connectivity index is 1.55. The molecule has 124 valence electrons. The first kappa shape index (κ1) is 14.2. The number of hydrogen-bond acceptors (Lipinski definition) is 5. The molecule has 3 heterocycles. The fourth-order valence-electron chi connectivity index (χ4n) is 3.77. The molecule has 6 nitrogen and oxygen atoms in total. The monoisotopic (exact) mass is 323 g/mol. The van der Waals surface area contributed by atoms with Crippen LogP contribution in [-0.4, -0.2) is 33.0 Å². The molecule has 0 amide bonds. The second kappa shape index (κ2) is 5.70. The third-order valence-corrected chi connectivity index (χ3v) is 5.42. The minimum atomic E-state index is 0.362. The summed E-state index contributed by atoms with van der Waals surface area (Å²) >= 11 is 0. The third-order valence-electron chi connectivity index (χ3n) is 5.42. The zero-order chi connectivity index (χ0) is 15.9. The number of aromatic nitrogens is 4. The fourth-order valence-corrected chi connectivity index (χ4v) is 3.77. The van der Waals surface area contributed by atoms with Crippen LogP contribution in [0.15, 0.2) is 28.8 Å². The molecule has 0 unspecified atom stereocenters. The van der Waals surface area contributed by atoms with E-state index in [1.807, 2.05) is 10.7 Å². The van der Waals surface area contributed by atoms with Gasteiger partial charge in [-0.05, 0) is 50.0 Å². The van der Waals surface area contributed by atoms with Gasteiger partial charge >= 0.3 is 0 Å². The summed E-state index contributed by atoms with van der Waals surface area (Å²) in [5.74, 6) is 2.24. The molecule has 24 heavy (non-hydrogen) atoms. The maximum absolute atomic E-state index is 5.57. The van der Waals surface area contributed by atoms with Crippen molar-refractivity contribution >= 4 is 10.9 Å². The van der Waals surface area contributed by atoms with Gasteiger partial charge in [0.05, 0.1) is 11.2 Å². The highest BCUT2D eigenvalue weighted by molar-refractivity contribution is 5.83. The average Bonchev–Trinajstić information content (AvgIpc) is 3.20. The molecular weight excluding hydrogens is 302 g/mol. The van der Waals surface area contributed by atoms with Gasteiger partial charge in [0.1, 0.15) is 0 Å². The van der Waals surface area contributed by atoms with E-state index in [0.717, 1.165) is 37.3 Å². The van der Waals surface area contributed by atoms with Gasteiger partial charge in [0.25, 0.3) is 5.95 Å². The van der Waals surface area contributed by atoms with E-state index in [1.165, 1.54) is 30.3 Å². The Morgan fingerprint density at radius 3 is 2.67 bits per heavy atom. The van der Waals surface area contributed by atoms with Crippen molar-refractivity contribution in [1.82, 2.24) is 25.2 Å². The summed E-state index contributed by atoms with van der Waals surface area (Å²) in [6.07, 6.45) is 5.86. The van der Waals surface area contributed by atoms with Crippen LogP contribution in [0.5, 0.6) is 0 Å². The van der Waals surface area contributed by atoms with Crippen molar-refractivity contribution in [2.75, 3.05) is 13.1 Å². The normalized spacial score (nSPS) is 19.7. The quantitative estimate of drug-likeness (QED) is 0.802. The first-order valence-electron chi connectivity index (χ1n) is 8.92. The second-order valence-corrected chi connectivity index (χ2v) is 6.90. The molecule has 1 saturated carbocycles. The van der Waals surface area contributed by atoms with Crippen LogP contribution in [0.3, 0.4) is 0 Å². The van der Waals surface area contributed by atoms with Crippen molar-refractivity contribution in [3.8, 4) is 5.95 Å². The smallest absolute Gasteiger partial charge is 0.291 e. The highest BCUT2D eigenvalue weighted by atomic mass is 16.5. The number of piperidine rings is 1. The number of benzene rings is 1. The second-order valence-electron chi connectivity index (χ2n) is 6.90. The van der Waals surface area contributed by atoms with Crippen LogP contribution >= 0.6 is 0 Å². The lowest BCUT2D eigenvalue weighted by molar-refractivity contribution is 0.319. The van der Waals surface area contributed by atoms with Gasteiger partial charge in [-0.15, -0.1) is 0 Å². The Hall–Kier alpha value is -2.21. The van der Waals surface area contributed by atoms with Crippen LogP contribution in [-0.2, 0) is 0 Å². The van der Waals surface area contributed by atoms with Crippen molar-refractivity contribution in [3.05, 3.63) is 35.9 Å². The summed E-state index contributed by atoms with van der Waals surface area (Å²) in [6.45, 7) is 2.03. The van der Waals surface area contributed by atoms with Crippen LogP contribution in [0.25, 0.3) is 16.9 Å². The first-order chi connectivity index (χ1) is 11.9. The van der Waals surface area contributed by atoms with Crippen LogP contribution in [0.1, 0.15) is 55.5 Å². The summed E-state index contributed by atoms with van der Waals surface area (Å²) in [5.41, 5.74) is 2.25. The Kier molecular flexibility index (Phi) is 3.36. The van der Waals surface area contributed by atoms with Crippen LogP contribution < -0.4 is 5.32 Å². The Morgan fingerprint density at radius 2 is 1.88 bits per heavy atom. The van der Waals surface area contributed by atoms with E-state index in [4.69, 9.17) is 9.62 Å². The largest absolute Gasteiger partial charge is 0.337 e. The topological polar surface area (TPSA) is 68.8 Å². The third kappa shape index (κ3) is 2.24. The SMILES string of the molecule is c1ccc2c(c1)c(C1CCC1)nn2-c1noc(C2CCNCC2)n1. The maximum atomic E-state index is 5.57. The molecular formula is C18H21N5O. The number of nitrogens with one attached hydrogen (secondary N) is 1. The number of para-hydroxylation sites is 1. The van der Waals surface area contributed by atoms with Crippen molar-refractivity contribution < 1.29 is 4.52 Å². The van der Waals surface area contributed by atoms with Gasteiger partial charge in [-0.25, -0.2) is 0 Å². The number of nitrogens with zero attached hydrogens (tertiary/aromatic N) is 4. The molecule has 1 aromatic carbocycles. The molecule has 5 rings (SSSR count). The van der Waals surface area contributed by atoms with Crippen molar-refractivity contribution in [2.24, 2.45) is 0 Å². The first-order valence-corrected chi connectivity index (χ1v) is 8.92. The molecule has 1 aliphatic carbocycles. The van der Waals surface area contributed by atoms with E-state index in [9.17, 15) is 0 Å². The summed E-state index contributed by atoms with van der Waals surface area (Å²) < 4.78 is 7.43. The Labute approximate surface area is 140 Å². The van der Waals surface area contributed by atoms with Gasteiger partial charge in [0, 0.05) is 17.2 Å². The van der Waals surface area contributed by atoms with E-state index in [0.29, 0.717) is 17.8 Å². The predicted molar refractivity (Wildman–Crippen MR) is 90.4 cm³/mol. The Bertz CT molecular complexity index is 857. The standard InChI is InChI=1S/C18H21N5O/c1-2-7-15-14(6-1)16(12-4-3-5-12)21-23(15)18-20-17(24-22-18)13-8-10-19-11-9-13/h1-2,6-7,12-13,19H,3-5,8-11H2. The van der Waals surface area contributed by atoms with Crippen molar-refractivity contribution in [2.45, 2.75) is 43.9 Å². The number of hydrogen-bond donors (Lipinski definition) is 1. The molecule has 2 aromatic heterocycles. The lowest BCUT2D eigenvalue weighted by atomic mass is 9.82. The maximum Gasteiger partial charge on any atom is 0.291 e. The van der Waals surface area contributed by atoms with E-state index < -0.39 is 0 Å². The molecule has 0 radical (unpaired) electrons. The zero-order valence-corrected chi connectivity index (χ0v) is 13.6. The van der Waals surface area contributed by atoms with Crippen molar-refractivity contribution in [3.63, 3.8) is 0 Å². The molecule has 0 atom stereocenters. The fraction of sp³-hybridized carbons (Fsp3) is 0.500. The molecule has 3 aromatic rings. The van der Waals surface area contributed by atoms with E-state index in [-0.39, 0.29) is 0 Å². The number of fused-ring (bicyclic) bond motifs is 1. The van der Waals surface area contributed by atoms with Gasteiger partial charge in [-0.1, -0.05) is 24.6 Å². The minimum absolute atomic E-state index is 0.362. The average molecular weight is 323 g/mol. The zero-order valence-electron chi connectivity index (χ0n) is 13.6. The van der Waals surface area contributed by atoms with Crippen molar-refractivity contribution in [1.29, 1.82) is 0 Å². The van der Waals surface area contributed by atoms with Gasteiger partial charge in [-0.3, -0.25) is 0 Å². The molecule has 1 N–H and O–H groups in total. The summed E-state index contributed by atoms with van der Waals surface area (Å²) in [7, 11) is 0. The molecule has 1 aliphatic heterocycles. The van der Waals surface area contributed by atoms with Gasteiger partial charge in [0.2, 0.25) is 5.89 Å². The number of rotatable bonds is 3. The lowest BCUT2D eigenvalue weighted by Crippen LogP contribution is -2.26.